The summed E-state index contributed by atoms with van der Waals surface area (Å²) in [4.78, 5) is 14.7. The summed E-state index contributed by atoms with van der Waals surface area (Å²) in [7, 11) is 0. The van der Waals surface area contributed by atoms with Crippen molar-refractivity contribution in [3.8, 4) is 0 Å². The van der Waals surface area contributed by atoms with E-state index in [1.807, 2.05) is 32.6 Å². The molecule has 2 N–H and O–H groups in total. The van der Waals surface area contributed by atoms with Gasteiger partial charge in [-0.2, -0.15) is 0 Å². The standard InChI is InChI=1S/C15H32N2O/c1-7-9-11-17(12-10-8-2)13(18)14(3,4)15(5,6)16/h7-12,16H2,1-6H3. The molecule has 0 heterocycles. The second-order valence-electron chi connectivity index (χ2n) is 6.35. The van der Waals surface area contributed by atoms with E-state index in [9.17, 15) is 4.79 Å². The van der Waals surface area contributed by atoms with Crippen LogP contribution in [-0.4, -0.2) is 29.4 Å². The lowest BCUT2D eigenvalue weighted by Gasteiger charge is -2.40. The Morgan fingerprint density at radius 3 is 1.67 bits per heavy atom. The third kappa shape index (κ3) is 4.60. The average Bonchev–Trinajstić information content (AvgIpc) is 2.27. The Labute approximate surface area is 113 Å². The first-order chi connectivity index (χ1) is 8.18. The van der Waals surface area contributed by atoms with Crippen molar-refractivity contribution < 1.29 is 4.79 Å². The zero-order chi connectivity index (χ0) is 14.4. The van der Waals surface area contributed by atoms with Crippen molar-refractivity contribution in [2.45, 2.75) is 72.8 Å². The molecule has 3 heteroatoms. The molecule has 0 atom stereocenters. The first kappa shape index (κ1) is 17.4. The molecular formula is C15H32N2O. The topological polar surface area (TPSA) is 46.3 Å². The smallest absolute Gasteiger partial charge is 0.230 e. The number of carbonyl (C=O) groups is 1. The van der Waals surface area contributed by atoms with E-state index in [4.69, 9.17) is 5.73 Å². The molecule has 0 fully saturated rings. The van der Waals surface area contributed by atoms with E-state index in [1.54, 1.807) is 0 Å². The third-order valence-corrected chi connectivity index (χ3v) is 4.00. The molecule has 0 saturated heterocycles. The molecule has 0 aromatic carbocycles. The molecule has 0 aliphatic heterocycles. The molecule has 0 radical (unpaired) electrons. The highest BCUT2D eigenvalue weighted by Crippen LogP contribution is 2.30. The molecule has 0 unspecified atom stereocenters. The van der Waals surface area contributed by atoms with Gasteiger partial charge in [-0.3, -0.25) is 4.79 Å². The maximum Gasteiger partial charge on any atom is 0.230 e. The van der Waals surface area contributed by atoms with Gasteiger partial charge in [0.2, 0.25) is 5.91 Å². The van der Waals surface area contributed by atoms with Gasteiger partial charge in [0.15, 0.2) is 0 Å². The molecule has 0 rings (SSSR count). The maximum atomic E-state index is 12.7. The van der Waals surface area contributed by atoms with Crippen LogP contribution in [-0.2, 0) is 4.79 Å². The lowest BCUT2D eigenvalue weighted by Crippen LogP contribution is -2.56. The number of hydrogen-bond acceptors (Lipinski definition) is 2. The molecule has 0 aliphatic rings. The van der Waals surface area contributed by atoms with Gasteiger partial charge in [-0.05, 0) is 40.5 Å². The van der Waals surface area contributed by atoms with Crippen molar-refractivity contribution in [3.05, 3.63) is 0 Å². The minimum Gasteiger partial charge on any atom is -0.342 e. The Bertz CT molecular complexity index is 246. The number of unbranched alkanes of at least 4 members (excludes halogenated alkanes) is 2. The van der Waals surface area contributed by atoms with E-state index >= 15 is 0 Å². The van der Waals surface area contributed by atoms with Crippen LogP contribution < -0.4 is 5.73 Å². The number of hydrogen-bond donors (Lipinski definition) is 1. The van der Waals surface area contributed by atoms with E-state index < -0.39 is 11.0 Å². The summed E-state index contributed by atoms with van der Waals surface area (Å²) >= 11 is 0. The summed E-state index contributed by atoms with van der Waals surface area (Å²) in [5.74, 6) is 0.192. The van der Waals surface area contributed by atoms with Gasteiger partial charge in [0.05, 0.1) is 5.41 Å². The molecule has 3 nitrogen and oxygen atoms in total. The van der Waals surface area contributed by atoms with Crippen LogP contribution in [0.5, 0.6) is 0 Å². The lowest BCUT2D eigenvalue weighted by atomic mass is 9.74. The number of nitrogens with two attached hydrogens (primary N) is 1. The van der Waals surface area contributed by atoms with Crippen molar-refractivity contribution in [2.24, 2.45) is 11.1 Å². The van der Waals surface area contributed by atoms with Crippen molar-refractivity contribution in [3.63, 3.8) is 0 Å². The van der Waals surface area contributed by atoms with Crippen LogP contribution >= 0.6 is 0 Å². The fourth-order valence-corrected chi connectivity index (χ4v) is 1.68. The summed E-state index contributed by atoms with van der Waals surface area (Å²) in [6.45, 7) is 13.8. The van der Waals surface area contributed by atoms with Crippen LogP contribution in [0.25, 0.3) is 0 Å². The summed E-state index contributed by atoms with van der Waals surface area (Å²) in [5.41, 5.74) is 5.14. The summed E-state index contributed by atoms with van der Waals surface area (Å²) in [5, 5.41) is 0. The van der Waals surface area contributed by atoms with Gasteiger partial charge in [0.1, 0.15) is 0 Å². The highest BCUT2D eigenvalue weighted by molar-refractivity contribution is 5.83. The van der Waals surface area contributed by atoms with Gasteiger partial charge in [-0.15, -0.1) is 0 Å². The molecule has 0 spiro atoms. The lowest BCUT2D eigenvalue weighted by molar-refractivity contribution is -0.143. The molecule has 108 valence electrons. The van der Waals surface area contributed by atoms with Crippen LogP contribution in [0.2, 0.25) is 0 Å². The van der Waals surface area contributed by atoms with Crippen molar-refractivity contribution in [1.29, 1.82) is 0 Å². The number of rotatable bonds is 8. The zero-order valence-corrected chi connectivity index (χ0v) is 13.2. The predicted octanol–water partition coefficient (Wildman–Crippen LogP) is 3.18. The van der Waals surface area contributed by atoms with Crippen molar-refractivity contribution in [2.75, 3.05) is 13.1 Å². The first-order valence-electron chi connectivity index (χ1n) is 7.26. The second-order valence-corrected chi connectivity index (χ2v) is 6.35. The zero-order valence-electron chi connectivity index (χ0n) is 13.2. The van der Waals surface area contributed by atoms with E-state index in [2.05, 4.69) is 13.8 Å². The van der Waals surface area contributed by atoms with Gasteiger partial charge in [0, 0.05) is 18.6 Å². The van der Waals surface area contributed by atoms with Crippen molar-refractivity contribution in [1.82, 2.24) is 4.90 Å². The normalized spacial score (nSPS) is 12.6. The van der Waals surface area contributed by atoms with Crippen LogP contribution in [0.3, 0.4) is 0 Å². The van der Waals surface area contributed by atoms with Gasteiger partial charge < -0.3 is 10.6 Å². The Morgan fingerprint density at radius 2 is 1.39 bits per heavy atom. The van der Waals surface area contributed by atoms with E-state index in [1.165, 1.54) is 0 Å². The highest BCUT2D eigenvalue weighted by atomic mass is 16.2. The van der Waals surface area contributed by atoms with Crippen LogP contribution in [0.1, 0.15) is 67.2 Å². The van der Waals surface area contributed by atoms with Crippen LogP contribution in [0.15, 0.2) is 0 Å². The van der Waals surface area contributed by atoms with Crippen molar-refractivity contribution >= 4 is 5.91 Å². The minimum absolute atomic E-state index is 0.192. The van der Waals surface area contributed by atoms with Gasteiger partial charge >= 0.3 is 0 Å². The molecule has 0 aliphatic carbocycles. The monoisotopic (exact) mass is 256 g/mol. The molecule has 0 saturated carbocycles. The fourth-order valence-electron chi connectivity index (χ4n) is 1.68. The maximum absolute atomic E-state index is 12.7. The van der Waals surface area contributed by atoms with E-state index in [-0.39, 0.29) is 5.91 Å². The Morgan fingerprint density at radius 1 is 1.00 bits per heavy atom. The molecular weight excluding hydrogens is 224 g/mol. The number of amides is 1. The van der Waals surface area contributed by atoms with E-state index in [0.717, 1.165) is 38.8 Å². The number of nitrogens with zero attached hydrogens (tertiary/aromatic N) is 1. The number of carbonyl (C=O) groups excluding carboxylic acids is 1. The van der Waals surface area contributed by atoms with Crippen LogP contribution in [0.4, 0.5) is 0 Å². The largest absolute Gasteiger partial charge is 0.342 e. The second kappa shape index (κ2) is 7.13. The first-order valence-corrected chi connectivity index (χ1v) is 7.26. The van der Waals surface area contributed by atoms with E-state index in [0.29, 0.717) is 0 Å². The molecule has 1 amide bonds. The van der Waals surface area contributed by atoms with Gasteiger partial charge in [-0.25, -0.2) is 0 Å². The quantitative estimate of drug-likeness (QED) is 0.725. The Kier molecular flexibility index (Phi) is 6.90. The SMILES string of the molecule is CCCCN(CCCC)C(=O)C(C)(C)C(C)(C)N. The molecule has 0 bridgehead atoms. The molecule has 0 aromatic heterocycles. The Balaban J connectivity index is 4.82. The fraction of sp³-hybridized carbons (Fsp3) is 0.933. The van der Waals surface area contributed by atoms with Gasteiger partial charge in [0.25, 0.3) is 0 Å². The Hall–Kier alpha value is -0.570. The summed E-state index contributed by atoms with van der Waals surface area (Å²) in [6, 6.07) is 0. The third-order valence-electron chi connectivity index (χ3n) is 4.00. The average molecular weight is 256 g/mol. The highest BCUT2D eigenvalue weighted by Gasteiger charge is 2.42. The summed E-state index contributed by atoms with van der Waals surface area (Å²) in [6.07, 6.45) is 4.36. The summed E-state index contributed by atoms with van der Waals surface area (Å²) < 4.78 is 0. The predicted molar refractivity (Wildman–Crippen MR) is 78.4 cm³/mol. The molecule has 0 aromatic rings. The molecule has 18 heavy (non-hydrogen) atoms. The van der Waals surface area contributed by atoms with Crippen LogP contribution in [0, 0.1) is 5.41 Å². The van der Waals surface area contributed by atoms with Gasteiger partial charge in [-0.1, -0.05) is 26.7 Å². The minimum atomic E-state index is -0.519.